The SMILES string of the molecule is Cc1cc2c(o1)c1cnn([C@H](C)C(=O)N3CCN(C(C)C)CC3)c(=O)c1n2C. The summed E-state index contributed by atoms with van der Waals surface area (Å²) in [5.74, 6) is 0.724. The van der Waals surface area contributed by atoms with Crippen molar-refractivity contribution in [2.75, 3.05) is 26.2 Å². The van der Waals surface area contributed by atoms with E-state index in [0.717, 1.165) is 24.4 Å². The molecule has 1 atom stereocenters. The second kappa shape index (κ2) is 6.77. The summed E-state index contributed by atoms with van der Waals surface area (Å²) in [6, 6.07) is 1.73. The van der Waals surface area contributed by atoms with Gasteiger partial charge in [0.2, 0.25) is 5.91 Å². The van der Waals surface area contributed by atoms with Crippen molar-refractivity contribution >= 4 is 27.9 Å². The molecule has 0 aliphatic carbocycles. The largest absolute Gasteiger partial charge is 0.459 e. The van der Waals surface area contributed by atoms with E-state index in [0.29, 0.717) is 35.6 Å². The number of furan rings is 1. The Morgan fingerprint density at radius 3 is 2.50 bits per heavy atom. The predicted octanol–water partition coefficient (Wildman–Crippen LogP) is 1.90. The fourth-order valence-electron chi connectivity index (χ4n) is 4.11. The van der Waals surface area contributed by atoms with E-state index in [4.69, 9.17) is 4.42 Å². The fraction of sp³-hybridized carbons (Fsp3) is 0.550. The van der Waals surface area contributed by atoms with E-state index in [1.54, 1.807) is 13.1 Å². The van der Waals surface area contributed by atoms with Gasteiger partial charge in [0.05, 0.1) is 17.1 Å². The molecule has 3 aromatic rings. The first-order chi connectivity index (χ1) is 13.3. The zero-order chi connectivity index (χ0) is 20.2. The third-order valence-electron chi connectivity index (χ3n) is 5.83. The summed E-state index contributed by atoms with van der Waals surface area (Å²) < 4.78 is 8.86. The number of aromatic nitrogens is 3. The van der Waals surface area contributed by atoms with Gasteiger partial charge in [0.1, 0.15) is 17.3 Å². The van der Waals surface area contributed by atoms with Crippen LogP contribution in [0.15, 0.2) is 21.5 Å². The molecule has 1 fully saturated rings. The van der Waals surface area contributed by atoms with E-state index in [-0.39, 0.29) is 11.5 Å². The molecule has 0 aromatic carbocycles. The molecule has 0 bridgehead atoms. The van der Waals surface area contributed by atoms with E-state index in [2.05, 4.69) is 23.8 Å². The summed E-state index contributed by atoms with van der Waals surface area (Å²) in [7, 11) is 1.84. The molecule has 0 saturated carbocycles. The predicted molar refractivity (Wildman–Crippen MR) is 107 cm³/mol. The molecule has 0 N–H and O–H groups in total. The molecule has 3 aromatic heterocycles. The van der Waals surface area contributed by atoms with Crippen molar-refractivity contribution < 1.29 is 9.21 Å². The summed E-state index contributed by atoms with van der Waals surface area (Å²) in [6.45, 7) is 11.0. The van der Waals surface area contributed by atoms with Gasteiger partial charge in [-0.3, -0.25) is 14.5 Å². The van der Waals surface area contributed by atoms with Crippen LogP contribution in [0, 0.1) is 6.92 Å². The Kier molecular flexibility index (Phi) is 4.53. The number of nitrogens with zero attached hydrogens (tertiary/aromatic N) is 5. The van der Waals surface area contributed by atoms with Crippen LogP contribution in [0.3, 0.4) is 0 Å². The van der Waals surface area contributed by atoms with Crippen LogP contribution in [-0.4, -0.2) is 62.3 Å². The van der Waals surface area contributed by atoms with Crippen molar-refractivity contribution in [2.45, 2.75) is 39.8 Å². The summed E-state index contributed by atoms with van der Waals surface area (Å²) in [5, 5.41) is 4.99. The first-order valence-electron chi connectivity index (χ1n) is 9.78. The van der Waals surface area contributed by atoms with Crippen LogP contribution < -0.4 is 5.56 Å². The Labute approximate surface area is 163 Å². The average Bonchev–Trinajstić information content (AvgIpc) is 3.18. The fourth-order valence-corrected chi connectivity index (χ4v) is 4.11. The molecule has 1 aliphatic rings. The molecule has 150 valence electrons. The topological polar surface area (TPSA) is 76.5 Å². The highest BCUT2D eigenvalue weighted by Crippen LogP contribution is 2.28. The number of amides is 1. The van der Waals surface area contributed by atoms with E-state index in [1.807, 2.05) is 29.5 Å². The van der Waals surface area contributed by atoms with Gasteiger partial charge in [-0.15, -0.1) is 0 Å². The van der Waals surface area contributed by atoms with Crippen molar-refractivity contribution in [3.63, 3.8) is 0 Å². The highest BCUT2D eigenvalue weighted by atomic mass is 16.3. The van der Waals surface area contributed by atoms with Crippen LogP contribution in [0.25, 0.3) is 22.0 Å². The van der Waals surface area contributed by atoms with E-state index in [1.165, 1.54) is 4.68 Å². The molecule has 1 aliphatic heterocycles. The maximum absolute atomic E-state index is 13.1. The third kappa shape index (κ3) is 2.83. The summed E-state index contributed by atoms with van der Waals surface area (Å²) in [6.07, 6.45) is 1.63. The third-order valence-corrected chi connectivity index (χ3v) is 5.83. The van der Waals surface area contributed by atoms with Gasteiger partial charge in [0.25, 0.3) is 5.56 Å². The molecule has 8 heteroatoms. The number of rotatable bonds is 3. The lowest BCUT2D eigenvalue weighted by molar-refractivity contribution is -0.136. The van der Waals surface area contributed by atoms with E-state index >= 15 is 0 Å². The van der Waals surface area contributed by atoms with Gasteiger partial charge in [-0.2, -0.15) is 5.10 Å². The highest BCUT2D eigenvalue weighted by Gasteiger charge is 2.29. The normalized spacial score (nSPS) is 17.1. The maximum Gasteiger partial charge on any atom is 0.292 e. The first-order valence-corrected chi connectivity index (χ1v) is 9.78. The molecule has 0 spiro atoms. The van der Waals surface area contributed by atoms with Crippen LogP contribution in [0.5, 0.6) is 0 Å². The van der Waals surface area contributed by atoms with E-state index < -0.39 is 6.04 Å². The Morgan fingerprint density at radius 2 is 1.86 bits per heavy atom. The molecule has 4 rings (SSSR count). The number of piperazine rings is 1. The van der Waals surface area contributed by atoms with Gasteiger partial charge >= 0.3 is 0 Å². The quantitative estimate of drug-likeness (QED) is 0.688. The Hall–Kier alpha value is -2.61. The number of carbonyl (C=O) groups is 1. The molecule has 0 unspecified atom stereocenters. The second-order valence-electron chi connectivity index (χ2n) is 7.92. The molecular formula is C20H27N5O3. The van der Waals surface area contributed by atoms with Crippen molar-refractivity contribution in [1.82, 2.24) is 24.1 Å². The van der Waals surface area contributed by atoms with Gasteiger partial charge in [-0.05, 0) is 27.7 Å². The lowest BCUT2D eigenvalue weighted by atomic mass is 10.2. The molecule has 1 saturated heterocycles. The van der Waals surface area contributed by atoms with Crippen LogP contribution in [0.4, 0.5) is 0 Å². The Bertz CT molecular complexity index is 1100. The first kappa shape index (κ1) is 18.7. The van der Waals surface area contributed by atoms with Crippen molar-refractivity contribution in [1.29, 1.82) is 0 Å². The number of fused-ring (bicyclic) bond motifs is 3. The van der Waals surface area contributed by atoms with Crippen molar-refractivity contribution in [2.24, 2.45) is 7.05 Å². The zero-order valence-electron chi connectivity index (χ0n) is 17.1. The summed E-state index contributed by atoms with van der Waals surface area (Å²) in [4.78, 5) is 30.3. The van der Waals surface area contributed by atoms with Gasteiger partial charge in [-0.25, -0.2) is 4.68 Å². The summed E-state index contributed by atoms with van der Waals surface area (Å²) >= 11 is 0. The van der Waals surface area contributed by atoms with Crippen molar-refractivity contribution in [3.05, 3.63) is 28.4 Å². The van der Waals surface area contributed by atoms with Crippen LogP contribution in [0.1, 0.15) is 32.6 Å². The zero-order valence-corrected chi connectivity index (χ0v) is 17.1. The molecular weight excluding hydrogens is 358 g/mol. The van der Waals surface area contributed by atoms with Crippen LogP contribution in [-0.2, 0) is 11.8 Å². The number of hydrogen-bond acceptors (Lipinski definition) is 5. The minimum absolute atomic E-state index is 0.0638. The average molecular weight is 385 g/mol. The molecule has 8 nitrogen and oxygen atoms in total. The van der Waals surface area contributed by atoms with Crippen molar-refractivity contribution in [3.8, 4) is 0 Å². The molecule has 0 radical (unpaired) electrons. The number of carbonyl (C=O) groups excluding carboxylic acids is 1. The Morgan fingerprint density at radius 1 is 1.18 bits per heavy atom. The van der Waals surface area contributed by atoms with Gasteiger partial charge < -0.3 is 13.9 Å². The lowest BCUT2D eigenvalue weighted by Crippen LogP contribution is -2.52. The summed E-state index contributed by atoms with van der Waals surface area (Å²) in [5.41, 5.74) is 1.75. The minimum atomic E-state index is -0.648. The van der Waals surface area contributed by atoms with Crippen LogP contribution >= 0.6 is 0 Å². The minimum Gasteiger partial charge on any atom is -0.459 e. The highest BCUT2D eigenvalue weighted by molar-refractivity contribution is 6.04. The molecule has 4 heterocycles. The number of hydrogen-bond donors (Lipinski definition) is 0. The maximum atomic E-state index is 13.1. The smallest absolute Gasteiger partial charge is 0.292 e. The monoisotopic (exact) mass is 385 g/mol. The van der Waals surface area contributed by atoms with Gasteiger partial charge in [0, 0.05) is 45.3 Å². The number of aryl methyl sites for hydroxylation is 2. The molecule has 1 amide bonds. The van der Waals surface area contributed by atoms with Crippen LogP contribution in [0.2, 0.25) is 0 Å². The standard InChI is InChI=1S/C20H27N5O3/c1-12(2)23-6-8-24(9-7-23)19(26)14(4)25-20(27)17-15(11-21-25)18-16(22(17)5)10-13(3)28-18/h10-12,14H,6-9H2,1-5H3/t14-/m1/s1. The lowest BCUT2D eigenvalue weighted by Gasteiger charge is -2.37. The Balaban J connectivity index is 1.65. The van der Waals surface area contributed by atoms with Gasteiger partial charge in [-0.1, -0.05) is 0 Å². The van der Waals surface area contributed by atoms with E-state index in [9.17, 15) is 9.59 Å². The molecule has 28 heavy (non-hydrogen) atoms. The second-order valence-corrected chi connectivity index (χ2v) is 7.92. The van der Waals surface area contributed by atoms with Gasteiger partial charge in [0.15, 0.2) is 5.58 Å².